The fraction of sp³-hybridized carbons (Fsp3) is 0.467. The van der Waals surface area contributed by atoms with Gasteiger partial charge in [0.05, 0.1) is 6.67 Å². The number of piperidine rings is 1. The minimum atomic E-state index is -0.409. The summed E-state index contributed by atoms with van der Waals surface area (Å²) in [6.45, 7) is 2.37. The smallest absolute Gasteiger partial charge is 0.249 e. The molecule has 2 fully saturated rings. The van der Waals surface area contributed by atoms with Crippen LogP contribution in [0.4, 0.5) is 5.69 Å². The number of aromatic amines is 1. The Hall–Kier alpha value is -2.19. The predicted octanol–water partition coefficient (Wildman–Crippen LogP) is 0.647. The van der Waals surface area contributed by atoms with Gasteiger partial charge in [0.25, 0.3) is 0 Å². The van der Waals surface area contributed by atoms with Crippen molar-refractivity contribution in [3.05, 3.63) is 24.3 Å². The second-order valence-electron chi connectivity index (χ2n) is 6.14. The summed E-state index contributed by atoms with van der Waals surface area (Å²) in [7, 11) is 1.87. The molecule has 1 spiro atoms. The van der Waals surface area contributed by atoms with Crippen LogP contribution in [0.3, 0.4) is 0 Å². The molecule has 1 aromatic carbocycles. The molecule has 2 aliphatic rings. The van der Waals surface area contributed by atoms with Crippen molar-refractivity contribution in [2.45, 2.75) is 18.4 Å². The van der Waals surface area contributed by atoms with Gasteiger partial charge in [-0.2, -0.15) is 5.21 Å². The van der Waals surface area contributed by atoms with Crippen molar-refractivity contribution in [1.82, 2.24) is 30.8 Å². The number of anilines is 1. The van der Waals surface area contributed by atoms with Gasteiger partial charge >= 0.3 is 0 Å². The number of benzene rings is 1. The van der Waals surface area contributed by atoms with Crippen LogP contribution in [-0.4, -0.2) is 63.8 Å². The molecule has 128 valence electrons. The number of H-pyrrole nitrogens is 1. The van der Waals surface area contributed by atoms with Gasteiger partial charge in [0.15, 0.2) is 0 Å². The zero-order valence-corrected chi connectivity index (χ0v) is 14.2. The number of carbonyl (C=O) groups is 1. The van der Waals surface area contributed by atoms with Crippen molar-refractivity contribution in [3.63, 3.8) is 0 Å². The average molecular weight is 350 g/mol. The minimum absolute atomic E-state index is 0. The molecule has 1 amide bonds. The van der Waals surface area contributed by atoms with Crippen molar-refractivity contribution < 1.29 is 4.79 Å². The SMILES string of the molecule is CN1CN(c2ccc(-c3nn[nH]n3)cc2)C2(CCNCC2)C1=O.Cl. The molecule has 8 nitrogen and oxygen atoms in total. The zero-order valence-electron chi connectivity index (χ0n) is 13.4. The van der Waals surface area contributed by atoms with Crippen LogP contribution in [0.2, 0.25) is 0 Å². The number of likely N-dealkylation sites (N-methyl/N-ethyl adjacent to an activating group) is 1. The van der Waals surface area contributed by atoms with Gasteiger partial charge in [-0.15, -0.1) is 22.6 Å². The van der Waals surface area contributed by atoms with Gasteiger partial charge in [-0.3, -0.25) is 4.79 Å². The first-order valence-corrected chi connectivity index (χ1v) is 7.78. The first-order valence-electron chi connectivity index (χ1n) is 7.78. The van der Waals surface area contributed by atoms with Crippen molar-refractivity contribution >= 4 is 24.0 Å². The number of hydrogen-bond acceptors (Lipinski definition) is 6. The van der Waals surface area contributed by atoms with Crippen LogP contribution in [0, 0.1) is 0 Å². The van der Waals surface area contributed by atoms with Crippen LogP contribution in [-0.2, 0) is 4.79 Å². The van der Waals surface area contributed by atoms with E-state index in [4.69, 9.17) is 0 Å². The maximum atomic E-state index is 12.7. The molecule has 0 radical (unpaired) electrons. The lowest BCUT2D eigenvalue weighted by Crippen LogP contribution is -2.55. The maximum absolute atomic E-state index is 12.7. The highest BCUT2D eigenvalue weighted by atomic mass is 35.5. The Balaban J connectivity index is 0.00000169. The number of nitrogens with zero attached hydrogens (tertiary/aromatic N) is 5. The van der Waals surface area contributed by atoms with Crippen LogP contribution in [0.1, 0.15) is 12.8 Å². The van der Waals surface area contributed by atoms with Crippen LogP contribution >= 0.6 is 12.4 Å². The number of aromatic nitrogens is 4. The third-order valence-corrected chi connectivity index (χ3v) is 4.83. The topological polar surface area (TPSA) is 90.0 Å². The first kappa shape index (κ1) is 16.7. The molecule has 0 bridgehead atoms. The molecular weight excluding hydrogens is 330 g/mol. The van der Waals surface area contributed by atoms with Crippen molar-refractivity contribution in [2.75, 3.05) is 31.7 Å². The van der Waals surface area contributed by atoms with Crippen LogP contribution in [0.25, 0.3) is 11.4 Å². The fourth-order valence-electron chi connectivity index (χ4n) is 3.61. The largest absolute Gasteiger partial charge is 0.339 e. The molecule has 4 rings (SSSR count). The predicted molar refractivity (Wildman–Crippen MR) is 91.8 cm³/mol. The number of carbonyl (C=O) groups excluding carboxylic acids is 1. The summed E-state index contributed by atoms with van der Waals surface area (Å²) >= 11 is 0. The summed E-state index contributed by atoms with van der Waals surface area (Å²) in [4.78, 5) is 16.8. The van der Waals surface area contributed by atoms with Gasteiger partial charge in [-0.25, -0.2) is 0 Å². The summed E-state index contributed by atoms with van der Waals surface area (Å²) in [5.74, 6) is 0.795. The summed E-state index contributed by atoms with van der Waals surface area (Å²) < 4.78 is 0. The number of halogens is 1. The molecule has 2 aromatic rings. The zero-order chi connectivity index (χ0) is 15.9. The van der Waals surface area contributed by atoms with Gasteiger partial charge in [0.2, 0.25) is 11.7 Å². The number of amides is 1. The number of hydrogen-bond donors (Lipinski definition) is 2. The summed E-state index contributed by atoms with van der Waals surface area (Å²) in [6, 6.07) is 8.00. The van der Waals surface area contributed by atoms with Crippen LogP contribution in [0.5, 0.6) is 0 Å². The van der Waals surface area contributed by atoms with Crippen molar-refractivity contribution in [2.24, 2.45) is 0 Å². The molecular formula is C15H20ClN7O. The van der Waals surface area contributed by atoms with Gasteiger partial charge in [0, 0.05) is 18.3 Å². The van der Waals surface area contributed by atoms with Crippen LogP contribution in [0.15, 0.2) is 24.3 Å². The van der Waals surface area contributed by atoms with Gasteiger partial charge in [-0.05, 0) is 55.4 Å². The highest BCUT2D eigenvalue weighted by molar-refractivity contribution is 5.93. The van der Waals surface area contributed by atoms with Crippen molar-refractivity contribution in [3.8, 4) is 11.4 Å². The lowest BCUT2D eigenvalue weighted by Gasteiger charge is -2.40. The molecule has 2 saturated heterocycles. The molecule has 2 N–H and O–H groups in total. The Morgan fingerprint density at radius 2 is 1.88 bits per heavy atom. The molecule has 3 heterocycles. The van der Waals surface area contributed by atoms with E-state index in [0.717, 1.165) is 37.2 Å². The molecule has 24 heavy (non-hydrogen) atoms. The fourth-order valence-corrected chi connectivity index (χ4v) is 3.61. The second-order valence-corrected chi connectivity index (χ2v) is 6.14. The van der Waals surface area contributed by atoms with E-state index in [1.165, 1.54) is 0 Å². The van der Waals surface area contributed by atoms with E-state index in [2.05, 4.69) is 30.8 Å². The minimum Gasteiger partial charge on any atom is -0.339 e. The molecule has 9 heteroatoms. The van der Waals surface area contributed by atoms with E-state index in [1.54, 1.807) is 0 Å². The lowest BCUT2D eigenvalue weighted by atomic mass is 9.86. The van der Waals surface area contributed by atoms with E-state index >= 15 is 0 Å². The Bertz CT molecular complexity index is 697. The van der Waals surface area contributed by atoms with Gasteiger partial charge in [0.1, 0.15) is 5.54 Å². The summed E-state index contributed by atoms with van der Waals surface area (Å²) in [5, 5.41) is 17.4. The van der Waals surface area contributed by atoms with Gasteiger partial charge in [-0.1, -0.05) is 0 Å². The second kappa shape index (κ2) is 6.37. The highest BCUT2D eigenvalue weighted by Gasteiger charge is 2.51. The monoisotopic (exact) mass is 349 g/mol. The first-order chi connectivity index (χ1) is 11.2. The Kier molecular flexibility index (Phi) is 4.42. The van der Waals surface area contributed by atoms with E-state index in [9.17, 15) is 4.79 Å². The number of nitrogens with one attached hydrogen (secondary N) is 2. The number of rotatable bonds is 2. The Morgan fingerprint density at radius 1 is 1.17 bits per heavy atom. The summed E-state index contributed by atoms with van der Waals surface area (Å²) in [5.41, 5.74) is 1.55. The molecule has 0 atom stereocenters. The Labute approximate surface area is 146 Å². The highest BCUT2D eigenvalue weighted by Crippen LogP contribution is 2.37. The lowest BCUT2D eigenvalue weighted by molar-refractivity contribution is -0.131. The normalized spacial score (nSPS) is 19.6. The standard InChI is InChI=1S/C15H19N7O.ClH/c1-21-10-22(15(14(21)23)6-8-16-9-7-15)12-4-2-11(3-5-12)13-17-19-20-18-13;/h2-5,16H,6-10H2,1H3,(H,17,18,19,20);1H. The molecule has 0 aliphatic carbocycles. The molecule has 0 saturated carbocycles. The quantitative estimate of drug-likeness (QED) is 0.827. The van der Waals surface area contributed by atoms with Crippen LogP contribution < -0.4 is 10.2 Å². The molecule has 2 aliphatic heterocycles. The third-order valence-electron chi connectivity index (χ3n) is 4.83. The van der Waals surface area contributed by atoms with Gasteiger partial charge < -0.3 is 15.1 Å². The van der Waals surface area contributed by atoms with E-state index in [1.807, 2.05) is 36.2 Å². The Morgan fingerprint density at radius 3 is 2.50 bits per heavy atom. The van der Waals surface area contributed by atoms with E-state index in [-0.39, 0.29) is 18.3 Å². The molecule has 1 aromatic heterocycles. The number of tetrazole rings is 1. The molecule has 0 unspecified atom stereocenters. The average Bonchev–Trinajstić information content (AvgIpc) is 3.20. The van der Waals surface area contributed by atoms with E-state index in [0.29, 0.717) is 12.5 Å². The van der Waals surface area contributed by atoms with E-state index < -0.39 is 5.54 Å². The van der Waals surface area contributed by atoms with Crippen molar-refractivity contribution in [1.29, 1.82) is 0 Å². The summed E-state index contributed by atoms with van der Waals surface area (Å²) in [6.07, 6.45) is 1.67. The third kappa shape index (κ3) is 2.51. The maximum Gasteiger partial charge on any atom is 0.249 e.